The van der Waals surface area contributed by atoms with E-state index < -0.39 is 0 Å². The van der Waals surface area contributed by atoms with Gasteiger partial charge < -0.3 is 5.73 Å². The summed E-state index contributed by atoms with van der Waals surface area (Å²) < 4.78 is 2.05. The van der Waals surface area contributed by atoms with Crippen molar-refractivity contribution in [3.63, 3.8) is 0 Å². The Bertz CT molecular complexity index is 458. The second-order valence-corrected chi connectivity index (χ2v) is 4.60. The molecular formula is C10H11N3S. The molecule has 14 heavy (non-hydrogen) atoms. The Morgan fingerprint density at radius 2 is 2.43 bits per heavy atom. The zero-order chi connectivity index (χ0) is 9.54. The molecule has 3 rings (SSSR count). The summed E-state index contributed by atoms with van der Waals surface area (Å²) >= 11 is 1.66. The highest BCUT2D eigenvalue weighted by Crippen LogP contribution is 2.26. The van der Waals surface area contributed by atoms with E-state index in [0.717, 1.165) is 23.5 Å². The van der Waals surface area contributed by atoms with Crippen LogP contribution in [0, 0.1) is 0 Å². The Kier molecular flexibility index (Phi) is 1.72. The van der Waals surface area contributed by atoms with E-state index in [4.69, 9.17) is 5.73 Å². The van der Waals surface area contributed by atoms with E-state index in [0.29, 0.717) is 6.04 Å². The third-order valence-corrected chi connectivity index (χ3v) is 3.28. The number of thiazole rings is 1. The molecule has 0 aliphatic heterocycles. The van der Waals surface area contributed by atoms with Gasteiger partial charge in [-0.25, -0.2) is 4.98 Å². The van der Waals surface area contributed by atoms with Crippen LogP contribution in [0.4, 0.5) is 0 Å². The van der Waals surface area contributed by atoms with Gasteiger partial charge in [0.25, 0.3) is 0 Å². The molecule has 0 amide bonds. The van der Waals surface area contributed by atoms with Gasteiger partial charge in [-0.05, 0) is 18.9 Å². The summed E-state index contributed by atoms with van der Waals surface area (Å²) in [6.45, 7) is 0. The molecule has 0 atom stereocenters. The van der Waals surface area contributed by atoms with Gasteiger partial charge in [0.15, 0.2) is 4.96 Å². The van der Waals surface area contributed by atoms with Crippen LogP contribution in [0.3, 0.4) is 0 Å². The van der Waals surface area contributed by atoms with E-state index in [2.05, 4.69) is 21.7 Å². The van der Waals surface area contributed by atoms with E-state index in [1.165, 1.54) is 5.57 Å². The van der Waals surface area contributed by atoms with Crippen LogP contribution in [0.15, 0.2) is 23.3 Å². The minimum atomic E-state index is 0.380. The number of fused-ring (bicyclic) bond motifs is 1. The summed E-state index contributed by atoms with van der Waals surface area (Å²) in [5, 5.41) is 2.04. The van der Waals surface area contributed by atoms with Gasteiger partial charge in [-0.2, -0.15) is 0 Å². The first-order valence-corrected chi connectivity index (χ1v) is 5.56. The van der Waals surface area contributed by atoms with Crippen molar-refractivity contribution in [3.05, 3.63) is 29.0 Å². The first kappa shape index (κ1) is 8.20. The molecule has 72 valence electrons. The molecule has 0 unspecified atom stereocenters. The maximum absolute atomic E-state index is 5.71. The lowest BCUT2D eigenvalue weighted by Crippen LogP contribution is -2.29. The molecule has 0 radical (unpaired) electrons. The largest absolute Gasteiger partial charge is 0.327 e. The van der Waals surface area contributed by atoms with Gasteiger partial charge in [-0.3, -0.25) is 4.40 Å². The fourth-order valence-corrected chi connectivity index (χ4v) is 2.46. The molecule has 0 spiro atoms. The first-order valence-electron chi connectivity index (χ1n) is 4.68. The molecule has 1 saturated carbocycles. The third kappa shape index (κ3) is 1.27. The molecule has 2 N–H and O–H groups in total. The van der Waals surface area contributed by atoms with Crippen molar-refractivity contribution in [2.75, 3.05) is 0 Å². The number of hydrogen-bond acceptors (Lipinski definition) is 3. The summed E-state index contributed by atoms with van der Waals surface area (Å²) in [5.41, 5.74) is 8.19. The van der Waals surface area contributed by atoms with Crippen molar-refractivity contribution in [1.82, 2.24) is 9.38 Å². The van der Waals surface area contributed by atoms with E-state index >= 15 is 0 Å². The average molecular weight is 205 g/mol. The first-order chi connectivity index (χ1) is 6.81. The number of aromatic nitrogens is 2. The summed E-state index contributed by atoms with van der Waals surface area (Å²) in [4.78, 5) is 5.54. The molecule has 2 aromatic heterocycles. The van der Waals surface area contributed by atoms with E-state index in [1.807, 2.05) is 11.6 Å². The van der Waals surface area contributed by atoms with Crippen LogP contribution < -0.4 is 5.73 Å². The van der Waals surface area contributed by atoms with Crippen LogP contribution in [0.25, 0.3) is 11.0 Å². The van der Waals surface area contributed by atoms with E-state index in [1.54, 1.807) is 11.3 Å². The van der Waals surface area contributed by atoms with Crippen molar-refractivity contribution < 1.29 is 0 Å². The monoisotopic (exact) mass is 205 g/mol. The molecule has 2 heterocycles. The SMILES string of the molecule is NC1CC(=Cc2cn3ccsc3n2)C1. The van der Waals surface area contributed by atoms with Gasteiger partial charge in [-0.15, -0.1) is 11.3 Å². The Labute approximate surface area is 85.9 Å². The molecular weight excluding hydrogens is 194 g/mol. The van der Waals surface area contributed by atoms with Crippen LogP contribution in [0.2, 0.25) is 0 Å². The maximum Gasteiger partial charge on any atom is 0.194 e. The van der Waals surface area contributed by atoms with Gasteiger partial charge in [0.05, 0.1) is 5.69 Å². The Hall–Kier alpha value is -1.13. The van der Waals surface area contributed by atoms with Crippen molar-refractivity contribution in [2.24, 2.45) is 5.73 Å². The highest BCUT2D eigenvalue weighted by atomic mass is 32.1. The summed E-state index contributed by atoms with van der Waals surface area (Å²) in [6.07, 6.45) is 8.31. The molecule has 1 aliphatic carbocycles. The quantitative estimate of drug-likeness (QED) is 0.772. The van der Waals surface area contributed by atoms with Gasteiger partial charge in [-0.1, -0.05) is 5.57 Å². The van der Waals surface area contributed by atoms with E-state index in [-0.39, 0.29) is 0 Å². The molecule has 2 aromatic rings. The molecule has 1 aliphatic rings. The number of imidazole rings is 1. The van der Waals surface area contributed by atoms with Crippen molar-refractivity contribution in [3.8, 4) is 0 Å². The Balaban J connectivity index is 1.92. The lowest BCUT2D eigenvalue weighted by Gasteiger charge is -2.24. The predicted molar refractivity (Wildman–Crippen MR) is 58.3 cm³/mol. The lowest BCUT2D eigenvalue weighted by molar-refractivity contribution is 0.547. The zero-order valence-electron chi connectivity index (χ0n) is 7.68. The average Bonchev–Trinajstić information content (AvgIpc) is 2.60. The van der Waals surface area contributed by atoms with Crippen LogP contribution >= 0.6 is 11.3 Å². The van der Waals surface area contributed by atoms with Crippen LogP contribution in [0.5, 0.6) is 0 Å². The second-order valence-electron chi connectivity index (χ2n) is 3.73. The predicted octanol–water partition coefficient (Wildman–Crippen LogP) is 1.90. The van der Waals surface area contributed by atoms with Crippen LogP contribution in [-0.4, -0.2) is 15.4 Å². The fourth-order valence-electron chi connectivity index (χ4n) is 1.76. The lowest BCUT2D eigenvalue weighted by atomic mass is 9.87. The van der Waals surface area contributed by atoms with Gasteiger partial charge >= 0.3 is 0 Å². The maximum atomic E-state index is 5.71. The summed E-state index contributed by atoms with van der Waals surface area (Å²) in [7, 11) is 0. The van der Waals surface area contributed by atoms with Gasteiger partial charge in [0, 0.05) is 23.8 Å². The summed E-state index contributed by atoms with van der Waals surface area (Å²) in [6, 6.07) is 0.380. The Morgan fingerprint density at radius 1 is 1.57 bits per heavy atom. The van der Waals surface area contributed by atoms with Gasteiger partial charge in [0.1, 0.15) is 0 Å². The number of nitrogens with two attached hydrogens (primary N) is 1. The van der Waals surface area contributed by atoms with Crippen LogP contribution in [-0.2, 0) is 0 Å². The highest BCUT2D eigenvalue weighted by Gasteiger charge is 2.18. The minimum absolute atomic E-state index is 0.380. The highest BCUT2D eigenvalue weighted by molar-refractivity contribution is 7.15. The Morgan fingerprint density at radius 3 is 3.14 bits per heavy atom. The van der Waals surface area contributed by atoms with E-state index in [9.17, 15) is 0 Å². The number of rotatable bonds is 1. The number of hydrogen-bond donors (Lipinski definition) is 1. The normalized spacial score (nSPS) is 21.2. The smallest absolute Gasteiger partial charge is 0.194 e. The molecule has 4 heteroatoms. The van der Waals surface area contributed by atoms with Crippen molar-refractivity contribution >= 4 is 22.4 Å². The standard InChI is InChI=1S/C10H11N3S/c11-8-3-7(4-8)5-9-6-13-1-2-14-10(13)12-9/h1-2,5-6,8H,3-4,11H2. The van der Waals surface area contributed by atoms with Crippen LogP contribution in [0.1, 0.15) is 18.5 Å². The molecule has 3 nitrogen and oxygen atoms in total. The topological polar surface area (TPSA) is 43.3 Å². The van der Waals surface area contributed by atoms with Gasteiger partial charge in [0.2, 0.25) is 0 Å². The second kappa shape index (κ2) is 2.93. The van der Waals surface area contributed by atoms with Crippen molar-refractivity contribution in [2.45, 2.75) is 18.9 Å². The fraction of sp³-hybridized carbons (Fsp3) is 0.300. The summed E-state index contributed by atoms with van der Waals surface area (Å²) in [5.74, 6) is 0. The molecule has 1 fully saturated rings. The molecule has 0 bridgehead atoms. The number of nitrogens with zero attached hydrogens (tertiary/aromatic N) is 2. The van der Waals surface area contributed by atoms with Crippen molar-refractivity contribution in [1.29, 1.82) is 0 Å². The molecule has 0 aromatic carbocycles. The molecule has 0 saturated heterocycles. The zero-order valence-corrected chi connectivity index (χ0v) is 8.50. The minimum Gasteiger partial charge on any atom is -0.327 e. The third-order valence-electron chi connectivity index (χ3n) is 2.51.